The van der Waals surface area contributed by atoms with E-state index in [0.717, 1.165) is 22.1 Å². The first-order chi connectivity index (χ1) is 10.7. The van der Waals surface area contributed by atoms with Crippen LogP contribution in [0.1, 0.15) is 33.6 Å². The molecule has 0 spiro atoms. The lowest BCUT2D eigenvalue weighted by Gasteiger charge is -2.28. The lowest BCUT2D eigenvalue weighted by Crippen LogP contribution is -2.52. The first-order valence-electron chi connectivity index (χ1n) is 7.35. The smallest absolute Gasteiger partial charge is 0.262 e. The lowest BCUT2D eigenvalue weighted by molar-refractivity contribution is -0.126. The van der Waals surface area contributed by atoms with Gasteiger partial charge in [0.15, 0.2) is 0 Å². The van der Waals surface area contributed by atoms with Crippen LogP contribution in [0.2, 0.25) is 0 Å². The molecule has 2 heterocycles. The van der Waals surface area contributed by atoms with Gasteiger partial charge in [-0.1, -0.05) is 24.3 Å². The second-order valence-corrected chi connectivity index (χ2v) is 5.67. The molecule has 0 saturated carbocycles. The van der Waals surface area contributed by atoms with Gasteiger partial charge in [0.2, 0.25) is 5.91 Å². The minimum absolute atomic E-state index is 0.245. The van der Waals surface area contributed by atoms with Crippen LogP contribution < -0.4 is 5.32 Å². The van der Waals surface area contributed by atoms with Crippen molar-refractivity contribution < 1.29 is 14.4 Å². The van der Waals surface area contributed by atoms with E-state index in [-0.39, 0.29) is 17.7 Å². The van der Waals surface area contributed by atoms with Gasteiger partial charge in [0, 0.05) is 6.54 Å². The fraction of sp³-hybridized carbons (Fsp3) is 0.235. The molecule has 22 heavy (non-hydrogen) atoms. The number of fused-ring (bicyclic) bond motifs is 2. The Labute approximate surface area is 126 Å². The maximum absolute atomic E-state index is 12.6. The van der Waals surface area contributed by atoms with Crippen LogP contribution in [0.3, 0.4) is 0 Å². The first-order valence-corrected chi connectivity index (χ1v) is 7.35. The highest BCUT2D eigenvalue weighted by molar-refractivity contribution is 6.24. The SMILES string of the molecule is O=C1NCCCC1N1C(=O)c2cc3ccccc3cc2C1=O. The normalized spacial score (nSPS) is 21.2. The van der Waals surface area contributed by atoms with Gasteiger partial charge in [-0.2, -0.15) is 0 Å². The molecular formula is C17H14N2O3. The van der Waals surface area contributed by atoms with Gasteiger partial charge in [-0.05, 0) is 35.7 Å². The van der Waals surface area contributed by atoms with Crippen LogP contribution in [-0.4, -0.2) is 35.2 Å². The van der Waals surface area contributed by atoms with E-state index < -0.39 is 6.04 Å². The van der Waals surface area contributed by atoms with Gasteiger partial charge in [0.25, 0.3) is 11.8 Å². The van der Waals surface area contributed by atoms with E-state index >= 15 is 0 Å². The molecule has 0 aromatic heterocycles. The van der Waals surface area contributed by atoms with E-state index in [1.54, 1.807) is 12.1 Å². The van der Waals surface area contributed by atoms with Gasteiger partial charge in [-0.3, -0.25) is 19.3 Å². The first kappa shape index (κ1) is 13.0. The number of nitrogens with zero attached hydrogens (tertiary/aromatic N) is 1. The minimum atomic E-state index is -0.690. The highest BCUT2D eigenvalue weighted by atomic mass is 16.2. The zero-order valence-electron chi connectivity index (χ0n) is 11.8. The van der Waals surface area contributed by atoms with Crippen molar-refractivity contribution in [3.63, 3.8) is 0 Å². The quantitative estimate of drug-likeness (QED) is 0.814. The summed E-state index contributed by atoms with van der Waals surface area (Å²) in [6, 6.07) is 10.4. The van der Waals surface area contributed by atoms with Crippen molar-refractivity contribution in [1.82, 2.24) is 10.2 Å². The van der Waals surface area contributed by atoms with Crippen molar-refractivity contribution in [3.8, 4) is 0 Å². The topological polar surface area (TPSA) is 66.5 Å². The second-order valence-electron chi connectivity index (χ2n) is 5.67. The molecule has 5 heteroatoms. The van der Waals surface area contributed by atoms with Crippen LogP contribution in [0.5, 0.6) is 0 Å². The summed E-state index contributed by atoms with van der Waals surface area (Å²) < 4.78 is 0. The Hall–Kier alpha value is -2.69. The van der Waals surface area contributed by atoms with Crippen molar-refractivity contribution in [2.45, 2.75) is 18.9 Å². The Morgan fingerprint density at radius 1 is 0.955 bits per heavy atom. The summed E-state index contributed by atoms with van der Waals surface area (Å²) in [4.78, 5) is 38.4. The van der Waals surface area contributed by atoms with Crippen molar-refractivity contribution in [1.29, 1.82) is 0 Å². The van der Waals surface area contributed by atoms with E-state index in [4.69, 9.17) is 0 Å². The van der Waals surface area contributed by atoms with E-state index in [9.17, 15) is 14.4 Å². The molecule has 0 radical (unpaired) electrons. The Kier molecular flexibility index (Phi) is 2.76. The summed E-state index contributed by atoms with van der Waals surface area (Å²) in [7, 11) is 0. The van der Waals surface area contributed by atoms with Crippen LogP contribution in [0.15, 0.2) is 36.4 Å². The molecule has 110 valence electrons. The molecule has 1 saturated heterocycles. The molecule has 2 aliphatic rings. The number of hydrogen-bond acceptors (Lipinski definition) is 3. The Balaban J connectivity index is 1.82. The number of hydrogen-bond donors (Lipinski definition) is 1. The monoisotopic (exact) mass is 294 g/mol. The molecule has 1 N–H and O–H groups in total. The number of nitrogens with one attached hydrogen (secondary N) is 1. The standard InChI is InChI=1S/C17H14N2O3/c20-15-14(6-3-7-18-15)19-16(21)12-8-10-4-1-2-5-11(10)9-13(12)17(19)22/h1-2,4-5,8-9,14H,3,6-7H2,(H,18,20). The van der Waals surface area contributed by atoms with Crippen LogP contribution in [-0.2, 0) is 4.79 Å². The summed E-state index contributed by atoms with van der Waals surface area (Å²) in [5.41, 5.74) is 0.782. The molecule has 0 bridgehead atoms. The van der Waals surface area contributed by atoms with Gasteiger partial charge < -0.3 is 5.32 Å². The van der Waals surface area contributed by atoms with Gasteiger partial charge in [0.05, 0.1) is 11.1 Å². The molecule has 1 fully saturated rings. The fourth-order valence-corrected chi connectivity index (χ4v) is 3.23. The number of piperidine rings is 1. The average Bonchev–Trinajstić information content (AvgIpc) is 2.77. The second kappa shape index (κ2) is 4.66. The third kappa shape index (κ3) is 1.75. The molecular weight excluding hydrogens is 280 g/mol. The van der Waals surface area contributed by atoms with Gasteiger partial charge in [-0.25, -0.2) is 0 Å². The van der Waals surface area contributed by atoms with Crippen molar-refractivity contribution in [3.05, 3.63) is 47.5 Å². The molecule has 2 aromatic carbocycles. The Morgan fingerprint density at radius 2 is 1.55 bits per heavy atom. The van der Waals surface area contributed by atoms with E-state index in [1.807, 2.05) is 24.3 Å². The van der Waals surface area contributed by atoms with Gasteiger partial charge >= 0.3 is 0 Å². The number of rotatable bonds is 1. The van der Waals surface area contributed by atoms with Crippen LogP contribution >= 0.6 is 0 Å². The number of imide groups is 1. The van der Waals surface area contributed by atoms with Crippen molar-refractivity contribution >= 4 is 28.5 Å². The summed E-state index contributed by atoms with van der Waals surface area (Å²) in [5.74, 6) is -0.981. The minimum Gasteiger partial charge on any atom is -0.354 e. The lowest BCUT2D eigenvalue weighted by atomic mass is 10.0. The molecule has 5 nitrogen and oxygen atoms in total. The Bertz CT molecular complexity index is 773. The predicted octanol–water partition coefficient (Wildman–Crippen LogP) is 1.71. The average molecular weight is 294 g/mol. The Morgan fingerprint density at radius 3 is 2.09 bits per heavy atom. The number of carbonyl (C=O) groups excluding carboxylic acids is 3. The van der Waals surface area contributed by atoms with E-state index in [2.05, 4.69) is 5.32 Å². The van der Waals surface area contributed by atoms with E-state index in [1.165, 1.54) is 0 Å². The summed E-state index contributed by atoms with van der Waals surface area (Å²) >= 11 is 0. The fourth-order valence-electron chi connectivity index (χ4n) is 3.23. The predicted molar refractivity (Wildman–Crippen MR) is 80.5 cm³/mol. The van der Waals surface area contributed by atoms with Crippen molar-refractivity contribution in [2.24, 2.45) is 0 Å². The molecule has 1 unspecified atom stereocenters. The zero-order valence-corrected chi connectivity index (χ0v) is 11.8. The number of amides is 3. The summed E-state index contributed by atoms with van der Waals surface area (Å²) in [6.07, 6.45) is 1.29. The number of benzene rings is 2. The molecule has 0 aliphatic carbocycles. The van der Waals surface area contributed by atoms with Crippen LogP contribution in [0, 0.1) is 0 Å². The molecule has 2 aliphatic heterocycles. The van der Waals surface area contributed by atoms with E-state index in [0.29, 0.717) is 24.1 Å². The molecule has 1 atom stereocenters. The molecule has 2 aromatic rings. The highest BCUT2D eigenvalue weighted by Crippen LogP contribution is 2.30. The molecule has 4 rings (SSSR count). The van der Waals surface area contributed by atoms with Crippen LogP contribution in [0.25, 0.3) is 10.8 Å². The maximum Gasteiger partial charge on any atom is 0.262 e. The van der Waals surface area contributed by atoms with Crippen LogP contribution in [0.4, 0.5) is 0 Å². The highest BCUT2D eigenvalue weighted by Gasteiger charge is 2.43. The van der Waals surface area contributed by atoms with Crippen molar-refractivity contribution in [2.75, 3.05) is 6.54 Å². The summed E-state index contributed by atoms with van der Waals surface area (Å²) in [6.45, 7) is 0.600. The van der Waals surface area contributed by atoms with Gasteiger partial charge in [0.1, 0.15) is 6.04 Å². The summed E-state index contributed by atoms with van der Waals surface area (Å²) in [5, 5.41) is 4.55. The largest absolute Gasteiger partial charge is 0.354 e. The third-order valence-corrected chi connectivity index (χ3v) is 4.35. The van der Waals surface area contributed by atoms with Gasteiger partial charge in [-0.15, -0.1) is 0 Å². The maximum atomic E-state index is 12.6. The molecule has 3 amide bonds. The zero-order chi connectivity index (χ0) is 15.3. The number of carbonyl (C=O) groups is 3. The third-order valence-electron chi connectivity index (χ3n) is 4.35.